The Morgan fingerprint density at radius 3 is 1.00 bits per heavy atom. The van der Waals surface area contributed by atoms with Crippen molar-refractivity contribution in [3.8, 4) is 0 Å². The molecule has 0 aliphatic rings. The van der Waals surface area contributed by atoms with Gasteiger partial charge < -0.3 is 0 Å². The Labute approximate surface area is 160 Å². The van der Waals surface area contributed by atoms with Crippen molar-refractivity contribution in [3.05, 3.63) is 0 Å². The van der Waals surface area contributed by atoms with E-state index < -0.39 is 0 Å². The monoisotopic (exact) mass is 565 g/mol. The van der Waals surface area contributed by atoms with Crippen LogP contribution in [0.2, 0.25) is 0 Å². The summed E-state index contributed by atoms with van der Waals surface area (Å²) < 4.78 is 0. The molecule has 0 bridgehead atoms. The summed E-state index contributed by atoms with van der Waals surface area (Å²) in [6, 6.07) is 0. The molecule has 0 atom stereocenters. The van der Waals surface area contributed by atoms with Gasteiger partial charge in [-0.25, -0.2) is 0 Å². The average Bonchev–Trinajstić information content (AvgIpc) is 0. The Hall–Kier alpha value is 5.47. The Balaban J connectivity index is 0. The Morgan fingerprint density at radius 2 is 1.00 bits per heavy atom. The Bertz CT molecular complexity index is 8.00. The fraction of sp³-hybridized carbons (Fsp3) is 0. The van der Waals surface area contributed by atoms with Crippen LogP contribution in [0.1, 0.15) is 0 Å². The maximum Gasteiger partial charge on any atom is 0 e. The summed E-state index contributed by atoms with van der Waals surface area (Å²) in [4.78, 5) is 0. The van der Waals surface area contributed by atoms with Crippen LogP contribution < -0.4 is 0 Å². The third-order valence-corrected chi connectivity index (χ3v) is 0. The molecule has 0 aromatic heterocycles. The second kappa shape index (κ2) is 15.8. The van der Waals surface area contributed by atoms with E-state index in [0.717, 1.165) is 0 Å². The van der Waals surface area contributed by atoms with Crippen LogP contribution in [0.25, 0.3) is 0 Å². The summed E-state index contributed by atoms with van der Waals surface area (Å²) in [6.45, 7) is 0. The molecule has 0 aliphatic heterocycles. The number of hydrogen-bond donors (Lipinski definition) is 0. The first-order valence-corrected chi connectivity index (χ1v) is 0. The van der Waals surface area contributed by atoms with Crippen molar-refractivity contribution in [2.45, 2.75) is 0 Å². The standard InChI is InChI=1S/Dy.La.Sr.Yb. The van der Waals surface area contributed by atoms with Crippen LogP contribution >= 0.6 is 0 Å². The van der Waals surface area contributed by atoms with Crippen molar-refractivity contribution in [2.75, 3.05) is 0 Å². The van der Waals surface area contributed by atoms with Crippen molar-refractivity contribution < 1.29 is 121 Å². The molecule has 0 saturated heterocycles. The normalized spacial score (nSPS) is 0. The topological polar surface area (TPSA) is 0 Å². The molecule has 0 amide bonds. The van der Waals surface area contributed by atoms with Crippen LogP contribution in [-0.2, 0) is 0 Å². The first-order valence-electron chi connectivity index (χ1n) is 0. The van der Waals surface area contributed by atoms with E-state index in [0.29, 0.717) is 0 Å². The van der Waals surface area contributed by atoms with Crippen molar-refractivity contribution in [1.29, 1.82) is 0 Å². The summed E-state index contributed by atoms with van der Waals surface area (Å²) in [6.07, 6.45) is 0. The summed E-state index contributed by atoms with van der Waals surface area (Å²) in [7, 11) is 0. The zero-order chi connectivity index (χ0) is 0. The first kappa shape index (κ1) is 22.7. The molecule has 0 N–H and O–H groups in total. The van der Waals surface area contributed by atoms with Crippen molar-refractivity contribution in [2.24, 2.45) is 0 Å². The number of rotatable bonds is 0. The largest absolute Gasteiger partial charge is 0 e. The molecular formula is DyLaSrYb. The van der Waals surface area contributed by atoms with Gasteiger partial charge in [-0.3, -0.25) is 0 Å². The third-order valence-electron chi connectivity index (χ3n) is 0. The summed E-state index contributed by atoms with van der Waals surface area (Å²) >= 11 is 0. The van der Waals surface area contributed by atoms with Crippen molar-refractivity contribution in [3.63, 3.8) is 0 Å². The summed E-state index contributed by atoms with van der Waals surface area (Å²) in [5, 5.41) is 0. The van der Waals surface area contributed by atoms with Crippen molar-refractivity contribution in [1.82, 2.24) is 0 Å². The van der Waals surface area contributed by atoms with Gasteiger partial charge in [0.15, 0.2) is 0 Å². The molecule has 29 valence electrons. The maximum absolute atomic E-state index is 0. The first-order chi connectivity index (χ1) is 0. The van der Waals surface area contributed by atoms with Crippen molar-refractivity contribution >= 4 is 45.5 Å². The van der Waals surface area contributed by atoms with Gasteiger partial charge in [0.05, 0.1) is 0 Å². The molecule has 0 heterocycles. The van der Waals surface area contributed by atoms with Crippen LogP contribution in [0.4, 0.5) is 0 Å². The van der Waals surface area contributed by atoms with E-state index in [1.54, 1.807) is 0 Å². The van der Waals surface area contributed by atoms with E-state index in [2.05, 4.69) is 0 Å². The molecule has 0 aromatic carbocycles. The zero-order valence-electron chi connectivity index (χ0n) is 1.87. The fourth-order valence-corrected chi connectivity index (χ4v) is 0. The molecule has 4 heavy (non-hydrogen) atoms. The summed E-state index contributed by atoms with van der Waals surface area (Å²) in [5.74, 6) is 0. The maximum atomic E-state index is 0. The molecule has 0 rings (SSSR count). The van der Waals surface area contributed by atoms with Gasteiger partial charge in [0.25, 0.3) is 0 Å². The predicted molar refractivity (Wildman–Crippen MR) is 5.75 cm³/mol. The minimum Gasteiger partial charge on any atom is 0 e. The molecule has 0 aliphatic carbocycles. The summed E-state index contributed by atoms with van der Waals surface area (Å²) in [5.41, 5.74) is 0. The van der Waals surface area contributed by atoms with E-state index in [1.807, 2.05) is 0 Å². The minimum atomic E-state index is 0. The third kappa shape index (κ3) is 10.4. The molecule has 4 heteroatoms. The van der Waals surface area contributed by atoms with Gasteiger partial charge in [-0.1, -0.05) is 0 Å². The van der Waals surface area contributed by atoms with Gasteiger partial charge in [0, 0.05) is 166 Å². The van der Waals surface area contributed by atoms with Gasteiger partial charge in [-0.2, -0.15) is 0 Å². The molecule has 0 nitrogen and oxygen atoms in total. The van der Waals surface area contributed by atoms with Crippen LogP contribution in [0, 0.1) is 121 Å². The van der Waals surface area contributed by atoms with Gasteiger partial charge in [-0.05, 0) is 0 Å². The molecule has 0 fully saturated rings. The van der Waals surface area contributed by atoms with Crippen LogP contribution in [0.5, 0.6) is 0 Å². The molecule has 0 aromatic rings. The number of hydrogen-bond acceptors (Lipinski definition) is 0. The Morgan fingerprint density at radius 1 is 1.00 bits per heavy atom. The van der Waals surface area contributed by atoms with Crippen LogP contribution in [0.15, 0.2) is 0 Å². The quantitative estimate of drug-likeness (QED) is 0.354. The van der Waals surface area contributed by atoms with Crippen LogP contribution in [-0.4, -0.2) is 45.5 Å². The molecule has 0 spiro atoms. The Kier molecular flexibility index (Phi) is 89.7. The van der Waals surface area contributed by atoms with E-state index in [4.69, 9.17) is 0 Å². The SMILES string of the molecule is [Dy].[La].[Sr].[Yb]. The zero-order valence-corrected chi connectivity index (χ0v) is 12.7. The smallest absolute Gasteiger partial charge is 0 e. The minimum absolute atomic E-state index is 0. The predicted octanol–water partition coefficient (Wildman–Crippen LogP) is -0.381. The average molecular weight is 562 g/mol. The molecule has 0 unspecified atom stereocenters. The van der Waals surface area contributed by atoms with Gasteiger partial charge in [0.1, 0.15) is 0 Å². The second-order valence-electron chi connectivity index (χ2n) is 0. The van der Waals surface area contributed by atoms with E-state index >= 15 is 0 Å². The van der Waals surface area contributed by atoms with Gasteiger partial charge in [-0.15, -0.1) is 0 Å². The van der Waals surface area contributed by atoms with E-state index in [9.17, 15) is 0 Å². The van der Waals surface area contributed by atoms with E-state index in [-0.39, 0.29) is 166 Å². The van der Waals surface area contributed by atoms with Crippen LogP contribution in [0.3, 0.4) is 0 Å². The fourth-order valence-electron chi connectivity index (χ4n) is 0. The van der Waals surface area contributed by atoms with Gasteiger partial charge >= 0.3 is 0 Å². The van der Waals surface area contributed by atoms with Gasteiger partial charge in [0.2, 0.25) is 0 Å². The molecule has 3 radical (unpaired) electrons. The molecular weight excluding hydrogens is 562 g/mol. The second-order valence-corrected chi connectivity index (χ2v) is 0. The molecule has 0 saturated carbocycles. The van der Waals surface area contributed by atoms with E-state index in [1.165, 1.54) is 0 Å².